The minimum absolute atomic E-state index is 0.0158. The number of piperidine rings is 1. The lowest BCUT2D eigenvalue weighted by Crippen LogP contribution is -2.48. The molecule has 2 saturated heterocycles. The number of benzene rings is 1. The van der Waals surface area contributed by atoms with Gasteiger partial charge in [-0.3, -0.25) is 14.6 Å². The number of carbonyl (C=O) groups is 1. The van der Waals surface area contributed by atoms with Gasteiger partial charge in [0.05, 0.1) is 12.6 Å². The third kappa shape index (κ3) is 6.88. The highest BCUT2D eigenvalue weighted by atomic mass is 16.3. The van der Waals surface area contributed by atoms with E-state index in [0.717, 1.165) is 77.9 Å². The molecule has 1 unspecified atom stereocenters. The van der Waals surface area contributed by atoms with Gasteiger partial charge in [0.2, 0.25) is 5.89 Å². The molecule has 2 aromatic rings. The number of β-amino-alcohol motifs (C(OH)–C–C–N with tert-alkyl or cyclic N) is 1. The topological polar surface area (TPSA) is 73.1 Å². The quantitative estimate of drug-likeness (QED) is 0.628. The number of aromatic nitrogens is 1. The van der Waals surface area contributed by atoms with Crippen molar-refractivity contribution in [3.63, 3.8) is 0 Å². The largest absolute Gasteiger partial charge is 0.447 e. The molecule has 0 aliphatic carbocycles. The summed E-state index contributed by atoms with van der Waals surface area (Å²) in [6.45, 7) is 8.74. The Morgan fingerprint density at radius 3 is 2.48 bits per heavy atom. The smallest absolute Gasteiger partial charge is 0.275 e. The molecule has 0 saturated carbocycles. The van der Waals surface area contributed by atoms with Crippen LogP contribution >= 0.6 is 0 Å². The van der Waals surface area contributed by atoms with Gasteiger partial charge in [-0.15, -0.1) is 0 Å². The molecule has 7 nitrogen and oxygen atoms in total. The van der Waals surface area contributed by atoms with Crippen molar-refractivity contribution in [2.24, 2.45) is 5.92 Å². The van der Waals surface area contributed by atoms with Crippen LogP contribution in [-0.4, -0.2) is 82.6 Å². The van der Waals surface area contributed by atoms with Crippen LogP contribution in [0.1, 0.15) is 54.5 Å². The molecular weight excluding hydrogens is 416 g/mol. The maximum absolute atomic E-state index is 12.9. The third-order valence-corrected chi connectivity index (χ3v) is 6.95. The molecule has 33 heavy (non-hydrogen) atoms. The summed E-state index contributed by atoms with van der Waals surface area (Å²) in [5, 5.41) is 10.0. The lowest BCUT2D eigenvalue weighted by molar-refractivity contribution is 0.0634. The Morgan fingerprint density at radius 2 is 1.79 bits per heavy atom. The summed E-state index contributed by atoms with van der Waals surface area (Å²) in [6, 6.07) is 10.6. The number of hydrogen-bond acceptors (Lipinski definition) is 6. The molecule has 0 bridgehead atoms. The lowest BCUT2D eigenvalue weighted by atomic mass is 9.90. The van der Waals surface area contributed by atoms with Crippen molar-refractivity contribution in [1.82, 2.24) is 19.7 Å². The van der Waals surface area contributed by atoms with E-state index in [0.29, 0.717) is 24.0 Å². The first-order chi connectivity index (χ1) is 16.1. The number of nitrogens with zero attached hydrogens (tertiary/aromatic N) is 4. The molecule has 1 N–H and O–H groups in total. The Bertz CT molecular complexity index is 855. The molecule has 7 heteroatoms. The monoisotopic (exact) mass is 454 g/mol. The Morgan fingerprint density at radius 1 is 1.09 bits per heavy atom. The zero-order valence-electron chi connectivity index (χ0n) is 19.9. The van der Waals surface area contributed by atoms with Crippen molar-refractivity contribution in [2.75, 3.05) is 45.8 Å². The van der Waals surface area contributed by atoms with Crippen LogP contribution in [-0.2, 0) is 13.0 Å². The van der Waals surface area contributed by atoms with Crippen molar-refractivity contribution in [1.29, 1.82) is 0 Å². The number of hydrogen-bond donors (Lipinski definition) is 1. The standard InChI is InChI=1S/C26H38N4O3/c1-2-6-23(31)18-28-13-15-29(16-14-28)19-25-27-24(20-33-25)26(32)30-11-9-22(10-12-30)17-21-7-4-3-5-8-21/h3-5,7-8,20,22-23,31H,2,6,9-19H2,1H3. The average molecular weight is 455 g/mol. The molecule has 0 radical (unpaired) electrons. The Kier molecular flexibility index (Phi) is 8.53. The average Bonchev–Trinajstić information content (AvgIpc) is 3.30. The summed E-state index contributed by atoms with van der Waals surface area (Å²) in [7, 11) is 0. The normalized spacial score (nSPS) is 19.6. The Balaban J connectivity index is 1.20. The van der Waals surface area contributed by atoms with Crippen LogP contribution in [0.4, 0.5) is 0 Å². The van der Waals surface area contributed by atoms with E-state index in [-0.39, 0.29) is 12.0 Å². The van der Waals surface area contributed by atoms with E-state index in [1.807, 2.05) is 4.90 Å². The molecule has 3 heterocycles. The van der Waals surface area contributed by atoms with Crippen molar-refractivity contribution in [2.45, 2.75) is 51.7 Å². The molecule has 0 spiro atoms. The van der Waals surface area contributed by atoms with Crippen LogP contribution in [0.25, 0.3) is 0 Å². The fraction of sp³-hybridized carbons (Fsp3) is 0.615. The fourth-order valence-electron chi connectivity index (χ4n) is 4.98. The first-order valence-corrected chi connectivity index (χ1v) is 12.5. The number of carbonyl (C=O) groups excluding carboxylic acids is 1. The van der Waals surface area contributed by atoms with E-state index >= 15 is 0 Å². The third-order valence-electron chi connectivity index (χ3n) is 6.95. The highest BCUT2D eigenvalue weighted by Gasteiger charge is 2.26. The van der Waals surface area contributed by atoms with E-state index < -0.39 is 0 Å². The van der Waals surface area contributed by atoms with Crippen molar-refractivity contribution >= 4 is 5.91 Å². The van der Waals surface area contributed by atoms with E-state index in [1.165, 1.54) is 11.8 Å². The molecule has 1 amide bonds. The summed E-state index contributed by atoms with van der Waals surface area (Å²) < 4.78 is 5.65. The van der Waals surface area contributed by atoms with Crippen molar-refractivity contribution in [3.05, 3.63) is 53.7 Å². The van der Waals surface area contributed by atoms with Gasteiger partial charge in [-0.2, -0.15) is 0 Å². The lowest BCUT2D eigenvalue weighted by Gasteiger charge is -2.35. The van der Waals surface area contributed by atoms with Crippen LogP contribution in [0.5, 0.6) is 0 Å². The van der Waals surface area contributed by atoms with Gasteiger partial charge in [-0.05, 0) is 37.2 Å². The molecule has 2 fully saturated rings. The van der Waals surface area contributed by atoms with Gasteiger partial charge >= 0.3 is 0 Å². The molecule has 180 valence electrons. The molecule has 4 rings (SSSR count). The highest BCUT2D eigenvalue weighted by molar-refractivity contribution is 5.92. The predicted molar refractivity (Wildman–Crippen MR) is 128 cm³/mol. The minimum Gasteiger partial charge on any atom is -0.447 e. The second-order valence-electron chi connectivity index (χ2n) is 9.57. The van der Waals surface area contributed by atoms with Crippen LogP contribution in [0.2, 0.25) is 0 Å². The van der Waals surface area contributed by atoms with Crippen LogP contribution in [0.15, 0.2) is 41.0 Å². The van der Waals surface area contributed by atoms with Crippen molar-refractivity contribution < 1.29 is 14.3 Å². The minimum atomic E-state index is -0.231. The van der Waals surface area contributed by atoms with E-state index in [9.17, 15) is 9.90 Å². The van der Waals surface area contributed by atoms with E-state index in [2.05, 4.69) is 52.0 Å². The van der Waals surface area contributed by atoms with Gasteiger partial charge in [-0.1, -0.05) is 43.7 Å². The molecular formula is C26H38N4O3. The molecule has 2 aliphatic heterocycles. The summed E-state index contributed by atoms with van der Waals surface area (Å²) in [4.78, 5) is 24.0. The van der Waals surface area contributed by atoms with Gasteiger partial charge in [0.25, 0.3) is 5.91 Å². The maximum Gasteiger partial charge on any atom is 0.275 e. The molecule has 1 aromatic heterocycles. The second kappa shape index (κ2) is 11.8. The SMILES string of the molecule is CCCC(O)CN1CCN(Cc2nc(C(=O)N3CCC(Cc4ccccc4)CC3)co2)CC1. The summed E-state index contributed by atoms with van der Waals surface area (Å²) >= 11 is 0. The number of aliphatic hydroxyl groups excluding tert-OH is 1. The number of rotatable bonds is 9. The second-order valence-corrected chi connectivity index (χ2v) is 9.57. The summed E-state index contributed by atoms with van der Waals surface area (Å²) in [5.41, 5.74) is 1.80. The van der Waals surface area contributed by atoms with E-state index in [4.69, 9.17) is 4.42 Å². The van der Waals surface area contributed by atoms with Crippen molar-refractivity contribution in [3.8, 4) is 0 Å². The number of aliphatic hydroxyl groups is 1. The zero-order chi connectivity index (χ0) is 23.0. The Labute approximate surface area is 197 Å². The molecule has 1 aromatic carbocycles. The Hall–Kier alpha value is -2.22. The summed E-state index contributed by atoms with van der Waals surface area (Å²) in [5.74, 6) is 1.22. The number of oxazole rings is 1. The van der Waals surface area contributed by atoms with Gasteiger partial charge in [0.1, 0.15) is 6.26 Å². The number of piperazine rings is 1. The fourth-order valence-corrected chi connectivity index (χ4v) is 4.98. The summed E-state index contributed by atoms with van der Waals surface area (Å²) in [6.07, 6.45) is 6.30. The maximum atomic E-state index is 12.9. The van der Waals surface area contributed by atoms with Crippen LogP contribution in [0.3, 0.4) is 0 Å². The first-order valence-electron chi connectivity index (χ1n) is 12.5. The number of amides is 1. The van der Waals surface area contributed by atoms with Gasteiger partial charge < -0.3 is 14.4 Å². The zero-order valence-corrected chi connectivity index (χ0v) is 19.9. The predicted octanol–water partition coefficient (Wildman–Crippen LogP) is 3.05. The van der Waals surface area contributed by atoms with Crippen LogP contribution in [0, 0.1) is 5.92 Å². The van der Waals surface area contributed by atoms with Gasteiger partial charge in [0, 0.05) is 45.8 Å². The molecule has 1 atom stereocenters. The number of likely N-dealkylation sites (tertiary alicyclic amines) is 1. The van der Waals surface area contributed by atoms with Gasteiger partial charge in [0.15, 0.2) is 5.69 Å². The van der Waals surface area contributed by atoms with E-state index in [1.54, 1.807) is 0 Å². The molecule has 2 aliphatic rings. The van der Waals surface area contributed by atoms with Crippen LogP contribution < -0.4 is 0 Å². The first kappa shape index (κ1) is 23.9. The van der Waals surface area contributed by atoms with Gasteiger partial charge in [-0.25, -0.2) is 4.98 Å². The highest BCUT2D eigenvalue weighted by Crippen LogP contribution is 2.23.